The topological polar surface area (TPSA) is 84.9 Å². The number of likely N-dealkylation sites (tertiary alicyclic amines) is 1. The van der Waals surface area contributed by atoms with Crippen molar-refractivity contribution in [3.63, 3.8) is 0 Å². The number of sulfonamides is 1. The molecule has 0 unspecified atom stereocenters. The Bertz CT molecular complexity index is 741. The van der Waals surface area contributed by atoms with Gasteiger partial charge in [0.05, 0.1) is 4.90 Å². The molecule has 0 radical (unpaired) electrons. The first-order valence-corrected chi connectivity index (χ1v) is 10.1. The zero-order valence-corrected chi connectivity index (χ0v) is 15.3. The highest BCUT2D eigenvalue weighted by atomic mass is 32.2. The van der Waals surface area contributed by atoms with Crippen molar-refractivity contribution in [1.82, 2.24) is 9.62 Å². The van der Waals surface area contributed by atoms with Gasteiger partial charge in [-0.1, -0.05) is 13.8 Å². The number of carbonyl (C=O) groups excluding carboxylic acids is 1. The first-order valence-electron chi connectivity index (χ1n) is 8.59. The van der Waals surface area contributed by atoms with Crippen molar-refractivity contribution in [2.75, 3.05) is 19.9 Å². The summed E-state index contributed by atoms with van der Waals surface area (Å²) in [6.07, 6.45) is 3.04. The van der Waals surface area contributed by atoms with Crippen LogP contribution < -0.4 is 14.2 Å². The number of rotatable bonds is 5. The Labute approximate surface area is 148 Å². The summed E-state index contributed by atoms with van der Waals surface area (Å²) in [7, 11) is -3.84. The largest absolute Gasteiger partial charge is 0.454 e. The van der Waals surface area contributed by atoms with Crippen molar-refractivity contribution in [2.24, 2.45) is 5.92 Å². The lowest BCUT2D eigenvalue weighted by molar-refractivity contribution is -0.134. The van der Waals surface area contributed by atoms with Crippen molar-refractivity contribution in [2.45, 2.75) is 44.0 Å². The quantitative estimate of drug-likeness (QED) is 0.856. The SMILES string of the molecule is CC(C)[C@@H](NS(=O)(=O)c1ccc2c(c1)OCO2)C(=O)N1CCCCC1. The van der Waals surface area contributed by atoms with Gasteiger partial charge < -0.3 is 14.4 Å². The maximum atomic E-state index is 12.8. The van der Waals surface area contributed by atoms with E-state index in [9.17, 15) is 13.2 Å². The maximum absolute atomic E-state index is 12.8. The minimum atomic E-state index is -3.84. The molecule has 138 valence electrons. The number of ether oxygens (including phenoxy) is 2. The van der Waals surface area contributed by atoms with Crippen molar-refractivity contribution in [3.8, 4) is 11.5 Å². The molecule has 0 bridgehead atoms. The van der Waals surface area contributed by atoms with E-state index in [1.807, 2.05) is 13.8 Å². The van der Waals surface area contributed by atoms with Gasteiger partial charge in [0.2, 0.25) is 22.7 Å². The predicted octanol–water partition coefficient (Wildman–Crippen LogP) is 1.73. The Morgan fingerprint density at radius 3 is 2.48 bits per heavy atom. The summed E-state index contributed by atoms with van der Waals surface area (Å²) in [6.45, 7) is 5.14. The second-order valence-corrected chi connectivity index (χ2v) is 8.46. The van der Waals surface area contributed by atoms with E-state index in [0.717, 1.165) is 19.3 Å². The monoisotopic (exact) mass is 368 g/mol. The number of nitrogens with zero attached hydrogens (tertiary/aromatic N) is 1. The Kier molecular flexibility index (Phi) is 5.19. The molecule has 3 rings (SSSR count). The molecule has 1 N–H and O–H groups in total. The summed E-state index contributed by atoms with van der Waals surface area (Å²) in [5, 5.41) is 0. The molecule has 1 amide bonds. The summed E-state index contributed by atoms with van der Waals surface area (Å²) in [6, 6.07) is 3.66. The van der Waals surface area contributed by atoms with Gasteiger partial charge in [0, 0.05) is 19.2 Å². The minimum Gasteiger partial charge on any atom is -0.454 e. The number of fused-ring (bicyclic) bond motifs is 1. The van der Waals surface area contributed by atoms with Crippen LogP contribution in [0.3, 0.4) is 0 Å². The molecule has 2 aliphatic heterocycles. The third kappa shape index (κ3) is 3.90. The lowest BCUT2D eigenvalue weighted by atomic mass is 10.0. The van der Waals surface area contributed by atoms with Crippen molar-refractivity contribution in [1.29, 1.82) is 0 Å². The zero-order chi connectivity index (χ0) is 18.0. The van der Waals surface area contributed by atoms with Crippen LogP contribution in [0.5, 0.6) is 11.5 Å². The molecule has 0 aliphatic carbocycles. The second kappa shape index (κ2) is 7.21. The molecule has 1 aromatic rings. The average molecular weight is 368 g/mol. The molecule has 2 heterocycles. The van der Waals surface area contributed by atoms with Gasteiger partial charge in [0.25, 0.3) is 0 Å². The number of carbonyl (C=O) groups is 1. The van der Waals surface area contributed by atoms with Crippen molar-refractivity contribution in [3.05, 3.63) is 18.2 Å². The van der Waals surface area contributed by atoms with Gasteiger partial charge in [-0.25, -0.2) is 8.42 Å². The minimum absolute atomic E-state index is 0.0637. The summed E-state index contributed by atoms with van der Waals surface area (Å²) in [4.78, 5) is 14.6. The number of benzene rings is 1. The average Bonchev–Trinajstić information content (AvgIpc) is 3.07. The molecule has 1 aromatic carbocycles. The highest BCUT2D eigenvalue weighted by Gasteiger charge is 2.32. The lowest BCUT2D eigenvalue weighted by Crippen LogP contribution is -2.52. The van der Waals surface area contributed by atoms with E-state index in [-0.39, 0.29) is 23.5 Å². The van der Waals surface area contributed by atoms with E-state index in [1.54, 1.807) is 11.0 Å². The van der Waals surface area contributed by atoms with Gasteiger partial charge in [-0.2, -0.15) is 4.72 Å². The van der Waals surface area contributed by atoms with Crippen LogP contribution in [0.1, 0.15) is 33.1 Å². The van der Waals surface area contributed by atoms with Crippen LogP contribution in [0.2, 0.25) is 0 Å². The maximum Gasteiger partial charge on any atom is 0.241 e. The van der Waals surface area contributed by atoms with Gasteiger partial charge in [-0.3, -0.25) is 4.79 Å². The van der Waals surface area contributed by atoms with Crippen LogP contribution in [0, 0.1) is 5.92 Å². The smallest absolute Gasteiger partial charge is 0.241 e. The first-order chi connectivity index (χ1) is 11.9. The highest BCUT2D eigenvalue weighted by Crippen LogP contribution is 2.34. The fourth-order valence-corrected chi connectivity index (χ4v) is 4.41. The normalized spacial score (nSPS) is 18.4. The molecule has 0 aromatic heterocycles. The van der Waals surface area contributed by atoms with Gasteiger partial charge in [0.1, 0.15) is 6.04 Å². The number of piperidine rings is 1. The third-order valence-electron chi connectivity index (χ3n) is 4.54. The van der Waals surface area contributed by atoms with Crippen LogP contribution >= 0.6 is 0 Å². The first kappa shape index (κ1) is 18.0. The van der Waals surface area contributed by atoms with E-state index >= 15 is 0 Å². The molecular formula is C17H24N2O5S. The van der Waals surface area contributed by atoms with Crippen LogP contribution in [0.15, 0.2) is 23.1 Å². The Morgan fingerprint density at radius 2 is 1.80 bits per heavy atom. The highest BCUT2D eigenvalue weighted by molar-refractivity contribution is 7.89. The van der Waals surface area contributed by atoms with E-state index in [1.165, 1.54) is 12.1 Å². The standard InChI is InChI=1S/C17H24N2O5S/c1-12(2)16(17(20)19-8-4-3-5-9-19)18-25(21,22)13-6-7-14-15(10-13)24-11-23-14/h6-7,10,12,16,18H,3-5,8-9,11H2,1-2H3/t16-/m1/s1. The van der Waals surface area contributed by atoms with Gasteiger partial charge in [0.15, 0.2) is 11.5 Å². The molecular weight excluding hydrogens is 344 g/mol. The van der Waals surface area contributed by atoms with Gasteiger partial charge in [-0.15, -0.1) is 0 Å². The van der Waals surface area contributed by atoms with Crippen LogP contribution in [0.25, 0.3) is 0 Å². The molecule has 0 saturated carbocycles. The van der Waals surface area contributed by atoms with Crippen LogP contribution in [0.4, 0.5) is 0 Å². The summed E-state index contributed by atoms with van der Waals surface area (Å²) in [5.74, 6) is 0.604. The molecule has 8 heteroatoms. The predicted molar refractivity (Wildman–Crippen MR) is 91.9 cm³/mol. The zero-order valence-electron chi connectivity index (χ0n) is 14.5. The van der Waals surface area contributed by atoms with Gasteiger partial charge in [-0.05, 0) is 37.3 Å². The van der Waals surface area contributed by atoms with Crippen molar-refractivity contribution >= 4 is 15.9 Å². The fraction of sp³-hybridized carbons (Fsp3) is 0.588. The third-order valence-corrected chi connectivity index (χ3v) is 5.98. The summed E-state index contributed by atoms with van der Waals surface area (Å²) in [5.41, 5.74) is 0. The number of hydrogen-bond donors (Lipinski definition) is 1. The molecule has 0 spiro atoms. The Hall–Kier alpha value is -1.80. The fourth-order valence-electron chi connectivity index (χ4n) is 3.06. The molecule has 2 aliphatic rings. The number of amides is 1. The number of hydrogen-bond acceptors (Lipinski definition) is 5. The molecule has 1 saturated heterocycles. The molecule has 7 nitrogen and oxygen atoms in total. The molecule has 25 heavy (non-hydrogen) atoms. The lowest BCUT2D eigenvalue weighted by Gasteiger charge is -2.32. The molecule has 1 atom stereocenters. The summed E-state index contributed by atoms with van der Waals surface area (Å²) >= 11 is 0. The van der Waals surface area contributed by atoms with Crippen LogP contribution in [-0.2, 0) is 14.8 Å². The van der Waals surface area contributed by atoms with E-state index in [0.29, 0.717) is 24.6 Å². The van der Waals surface area contributed by atoms with Crippen LogP contribution in [-0.4, -0.2) is 45.1 Å². The summed E-state index contributed by atoms with van der Waals surface area (Å²) < 4.78 is 38.5. The number of nitrogens with one attached hydrogen (secondary N) is 1. The Morgan fingerprint density at radius 1 is 1.12 bits per heavy atom. The van der Waals surface area contributed by atoms with E-state index in [2.05, 4.69) is 4.72 Å². The molecule has 1 fully saturated rings. The van der Waals surface area contributed by atoms with E-state index < -0.39 is 16.1 Å². The van der Waals surface area contributed by atoms with E-state index in [4.69, 9.17) is 9.47 Å². The second-order valence-electron chi connectivity index (χ2n) is 6.74. The van der Waals surface area contributed by atoms with Gasteiger partial charge >= 0.3 is 0 Å². The Balaban J connectivity index is 1.79. The van der Waals surface area contributed by atoms with Crippen molar-refractivity contribution < 1.29 is 22.7 Å².